The number of fused-ring (bicyclic) bond motifs is 1. The fourth-order valence-electron chi connectivity index (χ4n) is 5.36. The number of rotatable bonds is 6. The van der Waals surface area contributed by atoms with E-state index in [0.717, 1.165) is 61.2 Å². The molecular weight excluding hydrogens is 452 g/mol. The Labute approximate surface area is 212 Å². The van der Waals surface area contributed by atoms with Gasteiger partial charge in [-0.3, -0.25) is 24.8 Å². The van der Waals surface area contributed by atoms with E-state index in [0.29, 0.717) is 24.6 Å². The van der Waals surface area contributed by atoms with E-state index in [1.54, 1.807) is 18.3 Å². The zero-order valence-corrected chi connectivity index (χ0v) is 21.2. The van der Waals surface area contributed by atoms with Crippen molar-refractivity contribution in [1.29, 1.82) is 0 Å². The zero-order chi connectivity index (χ0) is 25.2. The van der Waals surface area contributed by atoms with Crippen LogP contribution < -0.4 is 5.32 Å². The number of anilines is 1. The standard InChI is InChI=1S/C28H34N6O2/c1-4-25(35)33-13-6-5-8-23(18-33)34-26-19(2)14-21(17-32-11-7-12-32)16-24(26)30-28(34)31-27(36)22-9-10-29-20(3)15-22/h4,9-10,14-16,23H,1,5-8,11-13,17-18H2,2-3H3,(H,30,31,36)/t23-/m1/s1. The number of nitrogens with zero attached hydrogens (tertiary/aromatic N) is 5. The van der Waals surface area contributed by atoms with Crippen LogP contribution in [0.1, 0.15) is 58.9 Å². The molecule has 5 rings (SSSR count). The quantitative estimate of drug-likeness (QED) is 0.527. The van der Waals surface area contributed by atoms with Crippen LogP contribution in [0, 0.1) is 13.8 Å². The Bertz CT molecular complexity index is 1310. The minimum atomic E-state index is -0.219. The molecule has 2 aliphatic rings. The van der Waals surface area contributed by atoms with Crippen LogP contribution >= 0.6 is 0 Å². The van der Waals surface area contributed by atoms with Crippen LogP contribution in [0.15, 0.2) is 43.1 Å². The van der Waals surface area contributed by atoms with Gasteiger partial charge in [0.2, 0.25) is 11.9 Å². The molecule has 0 bridgehead atoms. The number of imidazole rings is 1. The van der Waals surface area contributed by atoms with Gasteiger partial charge in [-0.15, -0.1) is 0 Å². The normalized spacial score (nSPS) is 18.5. The number of aromatic nitrogens is 3. The molecule has 36 heavy (non-hydrogen) atoms. The third-order valence-electron chi connectivity index (χ3n) is 7.27. The van der Waals surface area contributed by atoms with E-state index in [1.807, 2.05) is 11.8 Å². The fourth-order valence-corrected chi connectivity index (χ4v) is 5.36. The van der Waals surface area contributed by atoms with Crippen molar-refractivity contribution < 1.29 is 9.59 Å². The highest BCUT2D eigenvalue weighted by molar-refractivity contribution is 6.04. The maximum absolute atomic E-state index is 13.2. The SMILES string of the molecule is C=CC(=O)N1CCCC[C@@H](n2c(NC(=O)c3ccnc(C)c3)nc3cc(CN4CCC4)cc(C)c32)C1. The van der Waals surface area contributed by atoms with E-state index in [1.165, 1.54) is 18.1 Å². The Kier molecular flexibility index (Phi) is 6.87. The van der Waals surface area contributed by atoms with Gasteiger partial charge in [0.1, 0.15) is 0 Å². The molecule has 0 spiro atoms. The first-order valence-electron chi connectivity index (χ1n) is 12.8. The smallest absolute Gasteiger partial charge is 0.258 e. The second-order valence-corrected chi connectivity index (χ2v) is 9.99. The summed E-state index contributed by atoms with van der Waals surface area (Å²) in [5.74, 6) is 0.243. The van der Waals surface area contributed by atoms with E-state index in [4.69, 9.17) is 4.98 Å². The van der Waals surface area contributed by atoms with Gasteiger partial charge in [-0.05, 0) is 88.0 Å². The summed E-state index contributed by atoms with van der Waals surface area (Å²) < 4.78 is 2.15. The van der Waals surface area contributed by atoms with Crippen molar-refractivity contribution in [2.75, 3.05) is 31.5 Å². The van der Waals surface area contributed by atoms with Crippen molar-refractivity contribution in [3.05, 3.63) is 65.5 Å². The zero-order valence-electron chi connectivity index (χ0n) is 21.2. The largest absolute Gasteiger partial charge is 0.337 e. The van der Waals surface area contributed by atoms with Gasteiger partial charge >= 0.3 is 0 Å². The van der Waals surface area contributed by atoms with E-state index in [9.17, 15) is 9.59 Å². The van der Waals surface area contributed by atoms with Crippen molar-refractivity contribution in [2.24, 2.45) is 0 Å². The van der Waals surface area contributed by atoms with Crippen LogP contribution in [0.5, 0.6) is 0 Å². The number of likely N-dealkylation sites (tertiary alicyclic amines) is 2. The molecule has 0 saturated carbocycles. The molecule has 1 atom stereocenters. The molecule has 3 aromatic rings. The first-order valence-corrected chi connectivity index (χ1v) is 12.8. The van der Waals surface area contributed by atoms with Crippen LogP contribution in [0.2, 0.25) is 0 Å². The summed E-state index contributed by atoms with van der Waals surface area (Å²) in [6.07, 6.45) is 7.12. The van der Waals surface area contributed by atoms with Gasteiger partial charge in [0.05, 0.1) is 17.1 Å². The lowest BCUT2D eigenvalue weighted by molar-refractivity contribution is -0.126. The predicted octanol–water partition coefficient (Wildman–Crippen LogP) is 4.25. The number of amides is 2. The van der Waals surface area contributed by atoms with Gasteiger partial charge in [-0.2, -0.15) is 0 Å². The maximum atomic E-state index is 13.2. The topological polar surface area (TPSA) is 83.4 Å². The molecule has 2 aromatic heterocycles. The molecule has 2 aliphatic heterocycles. The summed E-state index contributed by atoms with van der Waals surface area (Å²) in [7, 11) is 0. The lowest BCUT2D eigenvalue weighted by atomic mass is 10.1. The molecule has 2 amide bonds. The number of pyridine rings is 1. The first kappa shape index (κ1) is 24.2. The number of carbonyl (C=O) groups is 2. The van der Waals surface area contributed by atoms with Crippen molar-refractivity contribution in [1.82, 2.24) is 24.3 Å². The molecule has 188 valence electrons. The number of hydrogen-bond acceptors (Lipinski definition) is 5. The molecule has 1 N–H and O–H groups in total. The monoisotopic (exact) mass is 486 g/mol. The average molecular weight is 487 g/mol. The lowest BCUT2D eigenvalue weighted by Crippen LogP contribution is -2.36. The van der Waals surface area contributed by atoms with Gasteiger partial charge in [0, 0.05) is 37.1 Å². The highest BCUT2D eigenvalue weighted by Gasteiger charge is 2.27. The van der Waals surface area contributed by atoms with E-state index in [-0.39, 0.29) is 17.9 Å². The Hall–Kier alpha value is -3.52. The fraction of sp³-hybridized carbons (Fsp3) is 0.429. The van der Waals surface area contributed by atoms with Crippen molar-refractivity contribution in [3.8, 4) is 0 Å². The molecular formula is C28H34N6O2. The highest BCUT2D eigenvalue weighted by atomic mass is 16.2. The minimum absolute atomic E-state index is 0.00388. The van der Waals surface area contributed by atoms with E-state index < -0.39 is 0 Å². The Morgan fingerprint density at radius 2 is 1.97 bits per heavy atom. The van der Waals surface area contributed by atoms with Crippen molar-refractivity contribution in [2.45, 2.75) is 52.1 Å². The third-order valence-corrected chi connectivity index (χ3v) is 7.27. The van der Waals surface area contributed by atoms with E-state index in [2.05, 4.69) is 45.4 Å². The average Bonchev–Trinajstić information content (AvgIpc) is 3.02. The highest BCUT2D eigenvalue weighted by Crippen LogP contribution is 2.33. The summed E-state index contributed by atoms with van der Waals surface area (Å²) in [6.45, 7) is 12.1. The molecule has 0 radical (unpaired) electrons. The van der Waals surface area contributed by atoms with Crippen molar-refractivity contribution >= 4 is 28.8 Å². The summed E-state index contributed by atoms with van der Waals surface area (Å²) in [5.41, 5.74) is 5.57. The van der Waals surface area contributed by atoms with Gasteiger partial charge in [0.15, 0.2) is 0 Å². The summed E-state index contributed by atoms with van der Waals surface area (Å²) >= 11 is 0. The molecule has 1 aromatic carbocycles. The molecule has 8 heteroatoms. The third kappa shape index (κ3) is 4.91. The van der Waals surface area contributed by atoms with Gasteiger partial charge in [-0.25, -0.2) is 4.98 Å². The number of hydrogen-bond donors (Lipinski definition) is 1. The predicted molar refractivity (Wildman–Crippen MR) is 141 cm³/mol. The van der Waals surface area contributed by atoms with Crippen molar-refractivity contribution in [3.63, 3.8) is 0 Å². The number of aryl methyl sites for hydroxylation is 2. The number of carbonyl (C=O) groups excluding carboxylic acids is 2. The maximum Gasteiger partial charge on any atom is 0.258 e. The molecule has 8 nitrogen and oxygen atoms in total. The molecule has 0 unspecified atom stereocenters. The van der Waals surface area contributed by atoms with Crippen LogP contribution in [0.4, 0.5) is 5.95 Å². The lowest BCUT2D eigenvalue weighted by Gasteiger charge is -2.30. The van der Waals surface area contributed by atoms with Gasteiger partial charge < -0.3 is 9.47 Å². The summed E-state index contributed by atoms with van der Waals surface area (Å²) in [5, 5.41) is 3.08. The first-order chi connectivity index (χ1) is 17.4. The molecule has 0 aliphatic carbocycles. The van der Waals surface area contributed by atoms with Crippen LogP contribution in [-0.4, -0.2) is 62.3 Å². The summed E-state index contributed by atoms with van der Waals surface area (Å²) in [4.78, 5) is 39.2. The Morgan fingerprint density at radius 3 is 2.69 bits per heavy atom. The molecule has 2 fully saturated rings. The number of nitrogens with one attached hydrogen (secondary N) is 1. The summed E-state index contributed by atoms with van der Waals surface area (Å²) in [6, 6.07) is 7.86. The minimum Gasteiger partial charge on any atom is -0.337 e. The Morgan fingerprint density at radius 1 is 1.14 bits per heavy atom. The van der Waals surface area contributed by atoms with E-state index >= 15 is 0 Å². The van der Waals surface area contributed by atoms with Crippen LogP contribution in [-0.2, 0) is 11.3 Å². The Balaban J connectivity index is 1.57. The van der Waals surface area contributed by atoms with Gasteiger partial charge in [-0.1, -0.05) is 12.6 Å². The van der Waals surface area contributed by atoms with Crippen LogP contribution in [0.3, 0.4) is 0 Å². The molecule has 2 saturated heterocycles. The second-order valence-electron chi connectivity index (χ2n) is 9.99. The van der Waals surface area contributed by atoms with Crippen LogP contribution in [0.25, 0.3) is 11.0 Å². The van der Waals surface area contributed by atoms with Gasteiger partial charge in [0.25, 0.3) is 5.91 Å². The molecule has 4 heterocycles. The number of benzene rings is 1. The second kappa shape index (κ2) is 10.2.